The first-order valence-electron chi connectivity index (χ1n) is 7.33. The summed E-state index contributed by atoms with van der Waals surface area (Å²) in [6.07, 6.45) is 2.52. The van der Waals surface area contributed by atoms with E-state index in [1.165, 1.54) is 0 Å². The van der Waals surface area contributed by atoms with Gasteiger partial charge >= 0.3 is 0 Å². The first-order chi connectivity index (χ1) is 10.1. The van der Waals surface area contributed by atoms with E-state index in [2.05, 4.69) is 5.32 Å². The van der Waals surface area contributed by atoms with Crippen LogP contribution in [0.4, 0.5) is 0 Å². The summed E-state index contributed by atoms with van der Waals surface area (Å²) in [4.78, 5) is 0.381. The van der Waals surface area contributed by atoms with Crippen molar-refractivity contribution in [3.05, 3.63) is 29.8 Å². The van der Waals surface area contributed by atoms with E-state index in [4.69, 9.17) is 4.74 Å². The highest BCUT2D eigenvalue weighted by molar-refractivity contribution is 7.89. The molecule has 1 heterocycles. The van der Waals surface area contributed by atoms with Gasteiger partial charge in [0.05, 0.1) is 11.5 Å². The lowest BCUT2D eigenvalue weighted by molar-refractivity contribution is 0.202. The third-order valence-electron chi connectivity index (χ3n) is 4.02. The molecule has 5 nitrogen and oxygen atoms in total. The maximum atomic E-state index is 12.6. The molecule has 0 radical (unpaired) electrons. The van der Waals surface area contributed by atoms with E-state index in [0.29, 0.717) is 30.6 Å². The molecule has 1 N–H and O–H groups in total. The maximum absolute atomic E-state index is 12.6. The third kappa shape index (κ3) is 4.67. The number of sulfonamides is 1. The van der Waals surface area contributed by atoms with Gasteiger partial charge in [0.1, 0.15) is 0 Å². The number of methoxy groups -OCH3 is 1. The van der Waals surface area contributed by atoms with E-state index < -0.39 is 10.0 Å². The predicted octanol–water partition coefficient (Wildman–Crippen LogP) is 1.67. The summed E-state index contributed by atoms with van der Waals surface area (Å²) in [5.41, 5.74) is 1.09. The van der Waals surface area contributed by atoms with Crippen LogP contribution in [0.3, 0.4) is 0 Å². The van der Waals surface area contributed by atoms with Crippen molar-refractivity contribution in [3.63, 3.8) is 0 Å². The van der Waals surface area contributed by atoms with Crippen molar-refractivity contribution < 1.29 is 13.2 Å². The molecule has 0 atom stereocenters. The molecular formula is C15H25ClN2O3S. The highest BCUT2D eigenvalue weighted by Gasteiger charge is 2.28. The summed E-state index contributed by atoms with van der Waals surface area (Å²) in [5, 5.41) is 3.21. The zero-order valence-corrected chi connectivity index (χ0v) is 14.8. The predicted molar refractivity (Wildman–Crippen MR) is 90.1 cm³/mol. The van der Waals surface area contributed by atoms with Crippen LogP contribution in [0.2, 0.25) is 0 Å². The van der Waals surface area contributed by atoms with Crippen LogP contribution in [-0.2, 0) is 21.2 Å². The summed E-state index contributed by atoms with van der Waals surface area (Å²) >= 11 is 0. The normalized spacial score (nSPS) is 17.2. The van der Waals surface area contributed by atoms with Crippen molar-refractivity contribution in [2.24, 2.45) is 0 Å². The summed E-state index contributed by atoms with van der Waals surface area (Å²) in [6, 6.07) is 7.56. The van der Waals surface area contributed by atoms with Gasteiger partial charge in [-0.15, -0.1) is 12.4 Å². The SMILES string of the molecule is CNC1CCN(S(=O)(=O)c2ccc(CCOC)cc2)CC1.Cl. The lowest BCUT2D eigenvalue weighted by atomic mass is 10.1. The van der Waals surface area contributed by atoms with Gasteiger partial charge in [-0.1, -0.05) is 12.1 Å². The number of nitrogens with zero attached hydrogens (tertiary/aromatic N) is 1. The molecule has 1 aliphatic heterocycles. The van der Waals surface area contributed by atoms with Crippen molar-refractivity contribution in [2.75, 3.05) is 33.9 Å². The number of rotatable bonds is 6. The van der Waals surface area contributed by atoms with Crippen LogP contribution < -0.4 is 5.32 Å². The summed E-state index contributed by atoms with van der Waals surface area (Å²) < 4.78 is 31.8. The van der Waals surface area contributed by atoms with Crippen molar-refractivity contribution in [3.8, 4) is 0 Å². The van der Waals surface area contributed by atoms with Crippen LogP contribution in [0, 0.1) is 0 Å². The molecular weight excluding hydrogens is 324 g/mol. The summed E-state index contributed by atoms with van der Waals surface area (Å²) in [5.74, 6) is 0. The van der Waals surface area contributed by atoms with E-state index in [1.807, 2.05) is 19.2 Å². The molecule has 0 bridgehead atoms. The molecule has 1 aromatic carbocycles. The van der Waals surface area contributed by atoms with Crippen LogP contribution in [0.1, 0.15) is 18.4 Å². The highest BCUT2D eigenvalue weighted by atomic mass is 35.5. The van der Waals surface area contributed by atoms with Gasteiger partial charge in [0.15, 0.2) is 0 Å². The maximum Gasteiger partial charge on any atom is 0.243 e. The second kappa shape index (κ2) is 8.84. The Hall–Kier alpha value is -0.660. The van der Waals surface area contributed by atoms with Gasteiger partial charge in [-0.25, -0.2) is 8.42 Å². The third-order valence-corrected chi connectivity index (χ3v) is 5.93. The zero-order valence-electron chi connectivity index (χ0n) is 13.1. The Morgan fingerprint density at radius 1 is 1.23 bits per heavy atom. The smallest absolute Gasteiger partial charge is 0.243 e. The topological polar surface area (TPSA) is 58.6 Å². The number of halogens is 1. The van der Waals surface area contributed by atoms with Gasteiger partial charge in [-0.2, -0.15) is 4.31 Å². The molecule has 1 fully saturated rings. The van der Waals surface area contributed by atoms with Gasteiger partial charge in [-0.3, -0.25) is 0 Å². The molecule has 0 unspecified atom stereocenters. The average molecular weight is 349 g/mol. The van der Waals surface area contributed by atoms with Crippen LogP contribution in [0.5, 0.6) is 0 Å². The minimum absolute atomic E-state index is 0. The molecule has 0 spiro atoms. The minimum Gasteiger partial charge on any atom is -0.384 e. The molecule has 1 aliphatic rings. The van der Waals surface area contributed by atoms with Crippen molar-refractivity contribution >= 4 is 22.4 Å². The molecule has 7 heteroatoms. The van der Waals surface area contributed by atoms with Gasteiger partial charge in [0, 0.05) is 26.2 Å². The van der Waals surface area contributed by atoms with E-state index >= 15 is 0 Å². The Morgan fingerprint density at radius 2 is 1.82 bits per heavy atom. The molecule has 2 rings (SSSR count). The number of benzene rings is 1. The number of hydrogen-bond acceptors (Lipinski definition) is 4. The van der Waals surface area contributed by atoms with Crippen LogP contribution in [-0.4, -0.2) is 52.6 Å². The van der Waals surface area contributed by atoms with E-state index in [1.54, 1.807) is 23.5 Å². The number of piperidine rings is 1. The number of nitrogens with one attached hydrogen (secondary N) is 1. The lowest BCUT2D eigenvalue weighted by Gasteiger charge is -2.31. The molecule has 0 aromatic heterocycles. The number of ether oxygens (including phenoxy) is 1. The van der Waals surface area contributed by atoms with Gasteiger partial charge in [-0.05, 0) is 44.0 Å². The summed E-state index contributed by atoms with van der Waals surface area (Å²) in [7, 11) is 0.228. The Labute approximate surface area is 139 Å². The second-order valence-electron chi connectivity index (χ2n) is 5.35. The van der Waals surface area contributed by atoms with Crippen LogP contribution >= 0.6 is 12.4 Å². The van der Waals surface area contributed by atoms with Crippen LogP contribution in [0.15, 0.2) is 29.2 Å². The van der Waals surface area contributed by atoms with E-state index in [-0.39, 0.29) is 12.4 Å². The highest BCUT2D eigenvalue weighted by Crippen LogP contribution is 2.21. The Balaban J connectivity index is 0.00000242. The second-order valence-corrected chi connectivity index (χ2v) is 7.29. The molecule has 126 valence electrons. The van der Waals surface area contributed by atoms with Crippen LogP contribution in [0.25, 0.3) is 0 Å². The fourth-order valence-corrected chi connectivity index (χ4v) is 4.05. The molecule has 0 amide bonds. The molecule has 1 saturated heterocycles. The van der Waals surface area contributed by atoms with Crippen molar-refractivity contribution in [1.82, 2.24) is 9.62 Å². The standard InChI is InChI=1S/C15H24N2O3S.ClH/c1-16-14-7-10-17(11-8-14)21(18,19)15-5-3-13(4-6-15)9-12-20-2;/h3-6,14,16H,7-12H2,1-2H3;1H. The van der Waals surface area contributed by atoms with Crippen molar-refractivity contribution in [2.45, 2.75) is 30.2 Å². The fraction of sp³-hybridized carbons (Fsp3) is 0.600. The van der Waals surface area contributed by atoms with Gasteiger partial charge in [0.25, 0.3) is 0 Å². The van der Waals surface area contributed by atoms with Crippen molar-refractivity contribution in [1.29, 1.82) is 0 Å². The Bertz CT molecular complexity index is 540. The monoisotopic (exact) mass is 348 g/mol. The number of hydrogen-bond donors (Lipinski definition) is 1. The van der Waals surface area contributed by atoms with Gasteiger partial charge in [0.2, 0.25) is 10.0 Å². The molecule has 0 saturated carbocycles. The fourth-order valence-electron chi connectivity index (χ4n) is 2.58. The van der Waals surface area contributed by atoms with Gasteiger partial charge < -0.3 is 10.1 Å². The Kier molecular flexibility index (Phi) is 7.79. The van der Waals surface area contributed by atoms with E-state index in [0.717, 1.165) is 24.8 Å². The molecule has 1 aromatic rings. The zero-order chi connectivity index (χ0) is 15.3. The van der Waals surface area contributed by atoms with E-state index in [9.17, 15) is 8.42 Å². The first-order valence-corrected chi connectivity index (χ1v) is 8.77. The average Bonchev–Trinajstić information content (AvgIpc) is 2.53. The quantitative estimate of drug-likeness (QED) is 0.849. The molecule has 0 aliphatic carbocycles. The minimum atomic E-state index is -3.36. The Morgan fingerprint density at radius 3 is 2.32 bits per heavy atom. The lowest BCUT2D eigenvalue weighted by Crippen LogP contribution is -2.43. The first kappa shape index (κ1) is 19.4. The summed E-state index contributed by atoms with van der Waals surface area (Å²) in [6.45, 7) is 1.81. The largest absolute Gasteiger partial charge is 0.384 e. The molecule has 22 heavy (non-hydrogen) atoms.